The van der Waals surface area contributed by atoms with Gasteiger partial charge in [-0.05, 0) is 35.4 Å². The maximum absolute atomic E-state index is 12.9. The predicted octanol–water partition coefficient (Wildman–Crippen LogP) is 5.54. The highest BCUT2D eigenvalue weighted by Gasteiger charge is 2.39. The molecule has 2 amide bonds. The van der Waals surface area contributed by atoms with Crippen molar-refractivity contribution in [2.45, 2.75) is 24.1 Å². The van der Waals surface area contributed by atoms with E-state index in [1.165, 1.54) is 18.9 Å². The maximum Gasteiger partial charge on any atom is 0.262 e. The summed E-state index contributed by atoms with van der Waals surface area (Å²) in [5.74, 6) is 0.381. The molecule has 2 atom stereocenters. The van der Waals surface area contributed by atoms with Crippen LogP contribution in [0.3, 0.4) is 0 Å². The lowest BCUT2D eigenvalue weighted by atomic mass is 9.99. The van der Waals surface area contributed by atoms with Crippen molar-refractivity contribution < 1.29 is 19.1 Å². The Morgan fingerprint density at radius 1 is 1.08 bits per heavy atom. The van der Waals surface area contributed by atoms with Crippen LogP contribution in [0, 0.1) is 0 Å². The van der Waals surface area contributed by atoms with E-state index in [2.05, 4.69) is 10.3 Å². The van der Waals surface area contributed by atoms with E-state index >= 15 is 0 Å². The number of rotatable bonds is 7. The van der Waals surface area contributed by atoms with Crippen LogP contribution in [-0.2, 0) is 9.59 Å². The molecular formula is C28H25ClN4O4S. The Bertz CT molecular complexity index is 1410. The Labute approximate surface area is 229 Å². The molecule has 0 unspecified atom stereocenters. The molecule has 2 aliphatic rings. The van der Waals surface area contributed by atoms with Crippen LogP contribution in [0.15, 0.2) is 82.9 Å². The molecule has 0 saturated carbocycles. The number of halogens is 1. The highest BCUT2D eigenvalue weighted by Crippen LogP contribution is 2.39. The van der Waals surface area contributed by atoms with E-state index in [1.54, 1.807) is 30.3 Å². The van der Waals surface area contributed by atoms with Crippen molar-refractivity contribution in [2.75, 3.05) is 19.5 Å². The molecule has 194 valence electrons. The van der Waals surface area contributed by atoms with Crippen molar-refractivity contribution in [1.29, 1.82) is 0 Å². The molecule has 0 aliphatic carbocycles. The zero-order chi connectivity index (χ0) is 26.6. The number of benzene rings is 3. The average Bonchev–Trinajstić information content (AvgIpc) is 3.53. The number of thioether (sulfide) groups is 1. The molecule has 0 saturated heterocycles. The molecule has 5 rings (SSSR count). The first-order valence-electron chi connectivity index (χ1n) is 11.9. The number of amides is 2. The number of hydrazone groups is 1. The lowest BCUT2D eigenvalue weighted by molar-refractivity contribution is -0.121. The van der Waals surface area contributed by atoms with Crippen LogP contribution in [0.5, 0.6) is 11.5 Å². The maximum atomic E-state index is 12.9. The van der Waals surface area contributed by atoms with E-state index in [1.807, 2.05) is 54.6 Å². The van der Waals surface area contributed by atoms with E-state index in [9.17, 15) is 9.59 Å². The molecule has 1 N–H and O–H groups in total. The van der Waals surface area contributed by atoms with E-state index < -0.39 is 5.25 Å². The summed E-state index contributed by atoms with van der Waals surface area (Å²) < 4.78 is 10.6. The number of hydrogen-bond donors (Lipinski definition) is 1. The number of methoxy groups -OCH3 is 2. The van der Waals surface area contributed by atoms with E-state index in [4.69, 9.17) is 26.2 Å². The lowest BCUT2D eigenvalue weighted by Crippen LogP contribution is -2.25. The summed E-state index contributed by atoms with van der Waals surface area (Å²) >= 11 is 7.33. The fourth-order valence-corrected chi connectivity index (χ4v) is 5.51. The van der Waals surface area contributed by atoms with Crippen molar-refractivity contribution >= 4 is 51.7 Å². The van der Waals surface area contributed by atoms with Crippen LogP contribution in [-0.4, -0.2) is 47.2 Å². The number of aliphatic imine (C=N–C) groups is 1. The van der Waals surface area contributed by atoms with Gasteiger partial charge in [0.15, 0.2) is 5.17 Å². The van der Waals surface area contributed by atoms with Gasteiger partial charge in [0.25, 0.3) is 5.91 Å². The van der Waals surface area contributed by atoms with Crippen LogP contribution >= 0.6 is 23.4 Å². The Balaban J connectivity index is 1.33. The molecular weight excluding hydrogens is 524 g/mol. The third-order valence-corrected chi connectivity index (χ3v) is 7.64. The lowest BCUT2D eigenvalue weighted by Gasteiger charge is -2.23. The number of hydrogen-bond acceptors (Lipinski definition) is 7. The molecule has 3 aromatic rings. The summed E-state index contributed by atoms with van der Waals surface area (Å²) in [4.78, 5) is 30.1. The van der Waals surface area contributed by atoms with Crippen LogP contribution in [0.1, 0.15) is 30.0 Å². The SMILES string of the molecule is COc1ccc(OC)c(NC(=O)C[C@H]2SC(N3N=C(c4ccc(Cl)cc4)C[C@H]3c3ccccc3)=NC2=O)c1. The van der Waals surface area contributed by atoms with Crippen LogP contribution in [0.2, 0.25) is 5.02 Å². The topological polar surface area (TPSA) is 92.6 Å². The minimum atomic E-state index is -0.659. The van der Waals surface area contributed by atoms with Crippen LogP contribution in [0.25, 0.3) is 0 Å². The van der Waals surface area contributed by atoms with Gasteiger partial charge in [-0.15, -0.1) is 0 Å². The smallest absolute Gasteiger partial charge is 0.262 e. The number of nitrogens with one attached hydrogen (secondary N) is 1. The highest BCUT2D eigenvalue weighted by atomic mass is 35.5. The molecule has 2 heterocycles. The molecule has 0 bridgehead atoms. The predicted molar refractivity (Wildman–Crippen MR) is 150 cm³/mol. The first-order valence-corrected chi connectivity index (χ1v) is 13.2. The molecule has 0 spiro atoms. The number of carbonyl (C=O) groups is 2. The summed E-state index contributed by atoms with van der Waals surface area (Å²) in [5.41, 5.74) is 3.35. The van der Waals surface area contributed by atoms with Gasteiger partial charge in [-0.2, -0.15) is 10.1 Å². The van der Waals surface area contributed by atoms with Crippen molar-refractivity contribution in [3.63, 3.8) is 0 Å². The Kier molecular flexibility index (Phi) is 7.67. The van der Waals surface area contributed by atoms with E-state index in [-0.39, 0.29) is 24.3 Å². The van der Waals surface area contributed by atoms with Gasteiger partial charge >= 0.3 is 0 Å². The largest absolute Gasteiger partial charge is 0.497 e. The number of amidine groups is 1. The number of nitrogens with zero attached hydrogens (tertiary/aromatic N) is 3. The van der Waals surface area contributed by atoms with Gasteiger partial charge in [0, 0.05) is 23.9 Å². The minimum absolute atomic E-state index is 0.0472. The van der Waals surface area contributed by atoms with Gasteiger partial charge in [0.05, 0.1) is 31.7 Å². The van der Waals surface area contributed by atoms with Crippen LogP contribution in [0.4, 0.5) is 5.69 Å². The second-order valence-electron chi connectivity index (χ2n) is 8.69. The molecule has 0 fully saturated rings. The first-order chi connectivity index (χ1) is 18.4. The second kappa shape index (κ2) is 11.3. The summed E-state index contributed by atoms with van der Waals surface area (Å²) in [6.07, 6.45) is 0.592. The standard InChI is InChI=1S/C28H25ClN4O4S/c1-36-20-12-13-24(37-2)22(14-20)30-26(34)16-25-27(35)31-28(38-25)33-23(18-6-4-3-5-7-18)15-21(32-33)17-8-10-19(29)11-9-17/h3-14,23,25H,15-16H2,1-2H3,(H,30,34)/t23-,25+/m0/s1. The fourth-order valence-electron chi connectivity index (χ4n) is 4.32. The Morgan fingerprint density at radius 2 is 1.84 bits per heavy atom. The molecule has 10 heteroatoms. The van der Waals surface area contributed by atoms with Gasteiger partial charge in [-0.3, -0.25) is 9.59 Å². The summed E-state index contributed by atoms with van der Waals surface area (Å²) in [6.45, 7) is 0. The minimum Gasteiger partial charge on any atom is -0.497 e. The summed E-state index contributed by atoms with van der Waals surface area (Å²) in [5, 5.41) is 9.95. The summed E-state index contributed by atoms with van der Waals surface area (Å²) in [7, 11) is 3.06. The van der Waals surface area contributed by atoms with Crippen molar-refractivity contribution in [2.24, 2.45) is 10.1 Å². The molecule has 3 aromatic carbocycles. The van der Waals surface area contributed by atoms with E-state index in [0.29, 0.717) is 33.8 Å². The van der Waals surface area contributed by atoms with Gasteiger partial charge in [-0.1, -0.05) is 65.8 Å². The molecule has 0 radical (unpaired) electrons. The number of ether oxygens (including phenoxy) is 2. The Hall–Kier alpha value is -3.82. The van der Waals surface area contributed by atoms with Crippen molar-refractivity contribution in [1.82, 2.24) is 5.01 Å². The zero-order valence-corrected chi connectivity index (χ0v) is 22.3. The highest BCUT2D eigenvalue weighted by molar-refractivity contribution is 8.15. The van der Waals surface area contributed by atoms with Gasteiger partial charge in [-0.25, -0.2) is 5.01 Å². The van der Waals surface area contributed by atoms with Gasteiger partial charge < -0.3 is 14.8 Å². The number of carbonyl (C=O) groups excluding carboxylic acids is 2. The van der Waals surface area contributed by atoms with E-state index in [0.717, 1.165) is 16.8 Å². The third-order valence-electron chi connectivity index (χ3n) is 6.25. The first kappa shape index (κ1) is 25.8. The van der Waals surface area contributed by atoms with Gasteiger partial charge in [0.2, 0.25) is 5.91 Å². The van der Waals surface area contributed by atoms with Gasteiger partial charge in [0.1, 0.15) is 16.7 Å². The normalized spacial score (nSPS) is 18.7. The molecule has 8 nitrogen and oxygen atoms in total. The molecule has 0 aromatic heterocycles. The fraction of sp³-hybridized carbons (Fsp3) is 0.214. The molecule has 2 aliphatic heterocycles. The summed E-state index contributed by atoms with van der Waals surface area (Å²) in [6, 6.07) is 22.5. The molecule has 38 heavy (non-hydrogen) atoms. The zero-order valence-electron chi connectivity index (χ0n) is 20.8. The van der Waals surface area contributed by atoms with Crippen molar-refractivity contribution in [3.8, 4) is 11.5 Å². The second-order valence-corrected chi connectivity index (χ2v) is 10.3. The Morgan fingerprint density at radius 3 is 2.55 bits per heavy atom. The number of anilines is 1. The van der Waals surface area contributed by atoms with Crippen LogP contribution < -0.4 is 14.8 Å². The average molecular weight is 549 g/mol. The van der Waals surface area contributed by atoms with Crippen molar-refractivity contribution in [3.05, 3.63) is 88.9 Å². The monoisotopic (exact) mass is 548 g/mol. The quantitative estimate of drug-likeness (QED) is 0.417. The third kappa shape index (κ3) is 5.54.